The predicted octanol–water partition coefficient (Wildman–Crippen LogP) is 1.60. The number of rotatable bonds is 2. The molecule has 0 atom stereocenters. The van der Waals surface area contributed by atoms with Gasteiger partial charge in [-0.25, -0.2) is 0 Å². The molecule has 0 saturated carbocycles. The van der Waals surface area contributed by atoms with Crippen LogP contribution >= 0.6 is 0 Å². The normalized spacial score (nSPS) is 19.5. The van der Waals surface area contributed by atoms with E-state index in [1.165, 1.54) is 0 Å². The zero-order valence-corrected chi connectivity index (χ0v) is 11.4. The Bertz CT molecular complexity index is 436. The monoisotopic (exact) mass is 247 g/mol. The van der Waals surface area contributed by atoms with E-state index in [0.29, 0.717) is 5.56 Å². The first-order valence-electron chi connectivity index (χ1n) is 6.42. The van der Waals surface area contributed by atoms with Crippen molar-refractivity contribution in [1.82, 2.24) is 15.2 Å². The van der Waals surface area contributed by atoms with E-state index in [9.17, 15) is 4.79 Å². The summed E-state index contributed by atoms with van der Waals surface area (Å²) in [4.78, 5) is 18.6. The Labute approximate surface area is 108 Å². The van der Waals surface area contributed by atoms with Gasteiger partial charge in [0.05, 0.1) is 0 Å². The third-order valence-corrected chi connectivity index (χ3v) is 3.66. The number of hydrogen-bond acceptors (Lipinski definition) is 3. The van der Waals surface area contributed by atoms with E-state index in [1.807, 2.05) is 13.0 Å². The molecule has 0 aromatic carbocycles. The van der Waals surface area contributed by atoms with E-state index in [2.05, 4.69) is 29.2 Å². The van der Waals surface area contributed by atoms with Crippen LogP contribution in [0.15, 0.2) is 18.3 Å². The molecule has 0 bridgehead atoms. The van der Waals surface area contributed by atoms with Crippen molar-refractivity contribution in [2.24, 2.45) is 0 Å². The molecule has 2 heterocycles. The summed E-state index contributed by atoms with van der Waals surface area (Å²) < 4.78 is 0. The van der Waals surface area contributed by atoms with Crippen molar-refractivity contribution >= 4 is 5.91 Å². The quantitative estimate of drug-likeness (QED) is 0.863. The zero-order valence-electron chi connectivity index (χ0n) is 11.4. The summed E-state index contributed by atoms with van der Waals surface area (Å²) in [7, 11) is 2.12. The maximum atomic E-state index is 12.2. The van der Waals surface area contributed by atoms with E-state index in [1.54, 1.807) is 12.3 Å². The molecule has 0 unspecified atom stereocenters. The second-order valence-electron chi connectivity index (χ2n) is 5.50. The Morgan fingerprint density at radius 1 is 1.44 bits per heavy atom. The molecule has 1 amide bonds. The predicted molar refractivity (Wildman–Crippen MR) is 71.6 cm³/mol. The number of piperidine rings is 1. The first-order chi connectivity index (χ1) is 8.48. The van der Waals surface area contributed by atoms with Gasteiger partial charge in [-0.1, -0.05) is 0 Å². The van der Waals surface area contributed by atoms with Crippen LogP contribution in [0.2, 0.25) is 0 Å². The second kappa shape index (κ2) is 5.06. The molecule has 1 aliphatic rings. The Hall–Kier alpha value is -1.42. The average Bonchev–Trinajstić information content (AvgIpc) is 2.33. The number of pyridine rings is 1. The Morgan fingerprint density at radius 2 is 2.11 bits per heavy atom. The fourth-order valence-electron chi connectivity index (χ4n) is 2.27. The van der Waals surface area contributed by atoms with E-state index >= 15 is 0 Å². The minimum absolute atomic E-state index is 0.00699. The largest absolute Gasteiger partial charge is 0.347 e. The van der Waals surface area contributed by atoms with Crippen LogP contribution in [-0.4, -0.2) is 41.5 Å². The molecular formula is C14H21N3O. The Morgan fingerprint density at radius 3 is 2.72 bits per heavy atom. The van der Waals surface area contributed by atoms with Gasteiger partial charge in [0.15, 0.2) is 0 Å². The van der Waals surface area contributed by atoms with E-state index in [0.717, 1.165) is 31.6 Å². The van der Waals surface area contributed by atoms with Gasteiger partial charge in [-0.05, 0) is 45.9 Å². The van der Waals surface area contributed by atoms with Crippen LogP contribution in [0.3, 0.4) is 0 Å². The first-order valence-corrected chi connectivity index (χ1v) is 6.42. The summed E-state index contributed by atoms with van der Waals surface area (Å²) >= 11 is 0. The number of nitrogens with one attached hydrogen (secondary N) is 1. The van der Waals surface area contributed by atoms with E-state index in [4.69, 9.17) is 0 Å². The zero-order chi connectivity index (χ0) is 13.2. The average molecular weight is 247 g/mol. The molecule has 1 aromatic heterocycles. The van der Waals surface area contributed by atoms with Crippen molar-refractivity contribution < 1.29 is 4.79 Å². The number of nitrogens with zero attached hydrogens (tertiary/aromatic N) is 2. The van der Waals surface area contributed by atoms with Crippen molar-refractivity contribution in [1.29, 1.82) is 0 Å². The molecule has 0 aliphatic carbocycles. The lowest BCUT2D eigenvalue weighted by Gasteiger charge is -2.38. The maximum absolute atomic E-state index is 12.2. The number of carbonyl (C=O) groups is 1. The highest BCUT2D eigenvalue weighted by molar-refractivity contribution is 5.94. The summed E-state index contributed by atoms with van der Waals surface area (Å²) in [5, 5.41) is 3.17. The molecule has 98 valence electrons. The molecule has 1 fully saturated rings. The lowest BCUT2D eigenvalue weighted by molar-refractivity contribution is 0.0851. The summed E-state index contributed by atoms with van der Waals surface area (Å²) in [5.74, 6) is 0.00699. The van der Waals surface area contributed by atoms with Crippen LogP contribution in [0.1, 0.15) is 35.8 Å². The van der Waals surface area contributed by atoms with Crippen molar-refractivity contribution in [2.45, 2.75) is 32.2 Å². The van der Waals surface area contributed by atoms with Crippen LogP contribution in [0.5, 0.6) is 0 Å². The summed E-state index contributed by atoms with van der Waals surface area (Å²) in [5.41, 5.74) is 1.49. The summed E-state index contributed by atoms with van der Waals surface area (Å²) in [6.07, 6.45) is 3.68. The number of aryl methyl sites for hydroxylation is 1. The number of amides is 1. The molecule has 1 aromatic rings. The van der Waals surface area contributed by atoms with Gasteiger partial charge in [0.2, 0.25) is 0 Å². The number of carbonyl (C=O) groups excluding carboxylic acids is 1. The van der Waals surface area contributed by atoms with Crippen molar-refractivity contribution in [2.75, 3.05) is 20.1 Å². The van der Waals surface area contributed by atoms with Gasteiger partial charge in [0, 0.05) is 36.1 Å². The lowest BCUT2D eigenvalue weighted by Crippen LogP contribution is -2.52. The minimum atomic E-state index is -0.0826. The molecule has 0 spiro atoms. The van der Waals surface area contributed by atoms with Gasteiger partial charge >= 0.3 is 0 Å². The molecule has 4 nitrogen and oxygen atoms in total. The lowest BCUT2D eigenvalue weighted by atomic mass is 9.89. The van der Waals surface area contributed by atoms with Gasteiger partial charge < -0.3 is 10.2 Å². The molecule has 2 rings (SSSR count). The molecule has 0 radical (unpaired) electrons. The third kappa shape index (κ3) is 3.07. The summed E-state index contributed by atoms with van der Waals surface area (Å²) in [6.45, 7) is 6.10. The molecule has 1 aliphatic heterocycles. The van der Waals surface area contributed by atoms with Crippen LogP contribution in [0.25, 0.3) is 0 Å². The number of hydrogen-bond donors (Lipinski definition) is 1. The highest BCUT2D eigenvalue weighted by atomic mass is 16.1. The van der Waals surface area contributed by atoms with Crippen LogP contribution in [-0.2, 0) is 0 Å². The topological polar surface area (TPSA) is 45.2 Å². The molecule has 4 heteroatoms. The van der Waals surface area contributed by atoms with Gasteiger partial charge in [-0.15, -0.1) is 0 Å². The molecule has 1 N–H and O–H groups in total. The number of likely N-dealkylation sites (tertiary alicyclic amines) is 1. The summed E-state index contributed by atoms with van der Waals surface area (Å²) in [6, 6.07) is 3.59. The van der Waals surface area contributed by atoms with E-state index < -0.39 is 0 Å². The van der Waals surface area contributed by atoms with Crippen LogP contribution in [0.4, 0.5) is 0 Å². The van der Waals surface area contributed by atoms with Gasteiger partial charge in [-0.2, -0.15) is 0 Å². The minimum Gasteiger partial charge on any atom is -0.347 e. The van der Waals surface area contributed by atoms with Crippen LogP contribution in [0, 0.1) is 6.92 Å². The Balaban J connectivity index is 2.03. The third-order valence-electron chi connectivity index (χ3n) is 3.66. The SMILES string of the molecule is Cc1cc(C(=O)NC2(C)CCN(C)CC2)ccn1. The van der Waals surface area contributed by atoms with Crippen molar-refractivity contribution in [3.05, 3.63) is 29.6 Å². The molecule has 18 heavy (non-hydrogen) atoms. The van der Waals surface area contributed by atoms with Crippen molar-refractivity contribution in [3.8, 4) is 0 Å². The second-order valence-corrected chi connectivity index (χ2v) is 5.50. The Kier molecular flexibility index (Phi) is 3.66. The fraction of sp³-hybridized carbons (Fsp3) is 0.571. The van der Waals surface area contributed by atoms with Crippen LogP contribution < -0.4 is 5.32 Å². The highest BCUT2D eigenvalue weighted by Crippen LogP contribution is 2.21. The molecule has 1 saturated heterocycles. The van der Waals surface area contributed by atoms with Gasteiger partial charge in [-0.3, -0.25) is 9.78 Å². The first kappa shape index (κ1) is 13.0. The highest BCUT2D eigenvalue weighted by Gasteiger charge is 2.30. The van der Waals surface area contributed by atoms with Gasteiger partial charge in [0.1, 0.15) is 0 Å². The fourth-order valence-corrected chi connectivity index (χ4v) is 2.27. The smallest absolute Gasteiger partial charge is 0.251 e. The van der Waals surface area contributed by atoms with Crippen molar-refractivity contribution in [3.63, 3.8) is 0 Å². The number of aromatic nitrogens is 1. The molecular weight excluding hydrogens is 226 g/mol. The van der Waals surface area contributed by atoms with E-state index in [-0.39, 0.29) is 11.4 Å². The van der Waals surface area contributed by atoms with Gasteiger partial charge in [0.25, 0.3) is 5.91 Å². The maximum Gasteiger partial charge on any atom is 0.251 e. The standard InChI is InChI=1S/C14H21N3O/c1-11-10-12(4-7-15-11)13(18)16-14(2)5-8-17(3)9-6-14/h4,7,10H,5-6,8-9H2,1-3H3,(H,16,18).